The molecular formula is C42H28N11Na3O13S4. The van der Waals surface area contributed by atoms with Gasteiger partial charge in [0.05, 0.1) is 90.7 Å². The number of aromatic nitrogens is 4. The molecule has 9 rings (SSSR count). The van der Waals surface area contributed by atoms with Crippen LogP contribution in [-0.2, 0) is 38.9 Å². The first-order chi connectivity index (χ1) is 33.7. The van der Waals surface area contributed by atoms with E-state index in [1.807, 2.05) is 0 Å². The van der Waals surface area contributed by atoms with E-state index in [9.17, 15) is 47.1 Å². The number of carbonyl (C=O) groups is 1. The average molecular weight is 1090 g/mol. The van der Waals surface area contributed by atoms with Crippen molar-refractivity contribution < 1.29 is 149 Å². The fraction of sp³-hybridized carbons (Fsp3) is 0.0714. The summed E-state index contributed by atoms with van der Waals surface area (Å²) in [7, 11) is -9.12. The van der Waals surface area contributed by atoms with E-state index in [-0.39, 0.29) is 185 Å². The van der Waals surface area contributed by atoms with Crippen LogP contribution < -0.4 is 125 Å². The van der Waals surface area contributed by atoms with Crippen molar-refractivity contribution in [2.45, 2.75) is 32.9 Å². The zero-order valence-electron chi connectivity index (χ0n) is 38.2. The first-order valence-corrected chi connectivity index (χ1v) is 24.3. The number of carbonyl (C=O) groups excluding carboxylic acids is 1. The van der Waals surface area contributed by atoms with Crippen molar-refractivity contribution in [1.29, 1.82) is 5.26 Å². The molecule has 3 heterocycles. The molecule has 6 N–H and O–H groups in total. The fourth-order valence-corrected chi connectivity index (χ4v) is 10.1. The Morgan fingerprint density at radius 2 is 1.42 bits per heavy atom. The van der Waals surface area contributed by atoms with Crippen LogP contribution in [0, 0.1) is 18.3 Å². The summed E-state index contributed by atoms with van der Waals surface area (Å²) in [6.07, 6.45) is 0.0717. The molecule has 1 aliphatic heterocycles. The van der Waals surface area contributed by atoms with Crippen molar-refractivity contribution in [3.05, 3.63) is 113 Å². The maximum absolute atomic E-state index is 14.9. The van der Waals surface area contributed by atoms with E-state index in [0.29, 0.717) is 51.7 Å². The number of nitrogens with zero attached hydrogens (tertiary/aromatic N) is 6. The Hall–Kier alpha value is -4.53. The Balaban J connectivity index is 0.00000290. The number of para-hydroxylation sites is 1. The van der Waals surface area contributed by atoms with Crippen LogP contribution in [0.4, 0.5) is 46.2 Å². The van der Waals surface area contributed by atoms with Gasteiger partial charge in [-0.05, 0) is 72.6 Å². The van der Waals surface area contributed by atoms with E-state index in [1.54, 1.807) is 55.5 Å². The molecule has 0 bridgehead atoms. The number of rotatable bonds is 17. The third-order valence-electron chi connectivity index (χ3n) is 10.4. The molecule has 5 aromatic carbocycles. The molecule has 0 radical (unpaired) electrons. The Morgan fingerprint density at radius 3 is 2.11 bits per heavy atom. The minimum absolute atomic E-state index is 0. The van der Waals surface area contributed by atoms with Gasteiger partial charge >= 0.3 is 94.7 Å². The van der Waals surface area contributed by atoms with Gasteiger partial charge in [-0.3, -0.25) is 19.6 Å². The van der Waals surface area contributed by atoms with Crippen LogP contribution in [0.1, 0.15) is 33.5 Å². The summed E-state index contributed by atoms with van der Waals surface area (Å²) in [5.41, 5.74) is 3.04. The van der Waals surface area contributed by atoms with E-state index < -0.39 is 36.8 Å². The Bertz CT molecular complexity index is 3620. The number of fused-ring (bicyclic) bond motifs is 3. The van der Waals surface area contributed by atoms with Crippen LogP contribution in [0.3, 0.4) is 0 Å². The van der Waals surface area contributed by atoms with Gasteiger partial charge in [-0.25, -0.2) is 26.8 Å². The number of aromatic hydroxyl groups is 1. The molecule has 73 heavy (non-hydrogen) atoms. The van der Waals surface area contributed by atoms with Crippen molar-refractivity contribution >= 4 is 113 Å². The molecule has 31 heteroatoms. The topological polar surface area (TPSA) is 360 Å². The number of amidine groups is 1. The predicted octanol–water partition coefficient (Wildman–Crippen LogP) is -4.05. The third kappa shape index (κ3) is 12.3. The number of pyridine rings is 1. The minimum atomic E-state index is -4.96. The standard InChI is InChI=1S/C42H31N11O13S4.3Na/c1-20-17-28(46-26-18-21(11-13-29(26)67-65-63-56)45-40-50-41(52-42(55)51-40)48-27-19-22(70(60,61)62)12-14-30(27)68-66-64-57)33-34-32(23-7-2-3-8-24(23)37(33)54)35(38(49-36(20)34)44-16-6-15-43)39-47-25-9-4-5-10-31(25)69(58,59)53-39;;;/h2-5,7-14,17-19,46,56-57H,6,16H2,1H3,(H,44,49)(H,47,53)(H,60,61,62)(H3,45,48,50,51,52,55);;;/q;3*+1/p-3. The summed E-state index contributed by atoms with van der Waals surface area (Å²) < 4.78 is 74.6. The van der Waals surface area contributed by atoms with Gasteiger partial charge in [0.15, 0.2) is 11.6 Å². The molecule has 0 amide bonds. The number of ketones is 1. The molecule has 24 nitrogen and oxygen atoms in total. The molecule has 0 atom stereocenters. The van der Waals surface area contributed by atoms with Gasteiger partial charge in [-0.15, -0.1) is 0 Å². The van der Waals surface area contributed by atoms with Crippen LogP contribution in [0.2, 0.25) is 0 Å². The molecular weight excluding hydrogens is 1060 g/mol. The number of hydrogen-bond donors (Lipinski definition) is 6. The second-order valence-electron chi connectivity index (χ2n) is 14.7. The molecule has 7 aromatic rings. The summed E-state index contributed by atoms with van der Waals surface area (Å²) in [5, 5.41) is 60.9. The van der Waals surface area contributed by atoms with Crippen LogP contribution in [0.5, 0.6) is 6.01 Å². The number of aliphatic imine (C=N–C) groups is 1. The molecule has 2 aliphatic rings. The van der Waals surface area contributed by atoms with E-state index in [4.69, 9.17) is 14.3 Å². The number of hydrogen-bond acceptors (Lipinski definition) is 25. The van der Waals surface area contributed by atoms with E-state index in [2.05, 4.69) is 61.4 Å². The predicted molar refractivity (Wildman–Crippen MR) is 245 cm³/mol. The number of nitrogens with one attached hydrogen (secondary N) is 5. The maximum Gasteiger partial charge on any atom is 1.00 e. The zero-order chi connectivity index (χ0) is 49.3. The van der Waals surface area contributed by atoms with Crippen molar-refractivity contribution in [1.82, 2.24) is 24.7 Å². The van der Waals surface area contributed by atoms with E-state index in [1.165, 1.54) is 24.3 Å². The van der Waals surface area contributed by atoms with Crippen molar-refractivity contribution in [2.24, 2.45) is 4.99 Å². The second-order valence-corrected chi connectivity index (χ2v) is 19.2. The molecule has 0 spiro atoms. The summed E-state index contributed by atoms with van der Waals surface area (Å²) in [6.45, 7) is 1.88. The van der Waals surface area contributed by atoms with Crippen LogP contribution in [-0.4, -0.2) is 64.6 Å². The molecule has 0 unspecified atom stereocenters. The minimum Gasteiger partial charge on any atom is -0.744 e. The van der Waals surface area contributed by atoms with Crippen LogP contribution in [0.25, 0.3) is 22.0 Å². The molecule has 1 aliphatic carbocycles. The Labute approximate surface area is 489 Å². The Kier molecular flexibility index (Phi) is 19.3. The average Bonchev–Trinajstić information content (AvgIpc) is 3.32. The third-order valence-corrected chi connectivity index (χ3v) is 14.0. The summed E-state index contributed by atoms with van der Waals surface area (Å²) in [4.78, 5) is 36.1. The number of anilines is 7. The summed E-state index contributed by atoms with van der Waals surface area (Å²) in [5.74, 6) is -0.982. The monoisotopic (exact) mass is 1090 g/mol. The number of aryl methyl sites for hydroxylation is 1. The number of benzene rings is 5. The van der Waals surface area contributed by atoms with Crippen LogP contribution in [0.15, 0.2) is 116 Å². The first kappa shape index (κ1) is 57.7. The SMILES string of the molecule is Cc1cc(Nc2cc(Nc3nc(O)nc(Nc4cc(S(=O)(=O)[O-])ccc4SOO[O-])n3)ccc2SOO[O-])c2c3c(c(C4=Nc5ccccc5S(=O)(=O)N4)c(NCCC#N)nc13)-c1ccccc1C2=O.[Na+].[Na+].[Na+]. The van der Waals surface area contributed by atoms with Gasteiger partial charge in [0.1, 0.15) is 20.8 Å². The van der Waals surface area contributed by atoms with Crippen LogP contribution >= 0.6 is 24.1 Å². The molecule has 356 valence electrons. The molecule has 0 fully saturated rings. The zero-order valence-corrected chi connectivity index (χ0v) is 47.5. The van der Waals surface area contributed by atoms with E-state index >= 15 is 0 Å². The second kappa shape index (κ2) is 24.4. The Morgan fingerprint density at radius 1 is 0.781 bits per heavy atom. The first-order valence-electron chi connectivity index (χ1n) is 19.9. The van der Waals surface area contributed by atoms with Gasteiger partial charge in [0.2, 0.25) is 11.9 Å². The molecule has 0 saturated carbocycles. The van der Waals surface area contributed by atoms with Gasteiger partial charge in [-0.2, -0.15) is 28.9 Å². The normalized spacial score (nSPS) is 12.8. The summed E-state index contributed by atoms with van der Waals surface area (Å²) in [6, 6.07) is 23.4. The fourth-order valence-electron chi connectivity index (χ4n) is 7.63. The van der Waals surface area contributed by atoms with E-state index in [0.717, 1.165) is 18.2 Å². The number of nitriles is 1. The molecule has 0 saturated heterocycles. The van der Waals surface area contributed by atoms with Gasteiger partial charge < -0.3 is 41.4 Å². The summed E-state index contributed by atoms with van der Waals surface area (Å²) >= 11 is 0.882. The van der Waals surface area contributed by atoms with Crippen molar-refractivity contribution in [2.75, 3.05) is 27.8 Å². The smallest absolute Gasteiger partial charge is 0.744 e. The van der Waals surface area contributed by atoms with Gasteiger partial charge in [0, 0.05) is 28.7 Å². The van der Waals surface area contributed by atoms with Crippen molar-refractivity contribution in [3.8, 4) is 23.2 Å². The largest absolute Gasteiger partial charge is 1.00 e. The number of sulfonamides is 1. The van der Waals surface area contributed by atoms with Gasteiger partial charge in [-0.1, -0.05) is 36.4 Å². The molecule has 2 aromatic heterocycles. The van der Waals surface area contributed by atoms with Crippen molar-refractivity contribution in [3.63, 3.8) is 0 Å². The van der Waals surface area contributed by atoms with Gasteiger partial charge in [0.25, 0.3) is 10.0 Å². The maximum atomic E-state index is 14.9. The quantitative estimate of drug-likeness (QED) is 0.0126.